The maximum atomic E-state index is 14.8. The minimum Gasteiger partial charge on any atom is -0.474 e. The Hall–Kier alpha value is -4.09. The number of anilines is 1. The number of nitrogens with one attached hydrogen (secondary N) is 1. The molecular formula is C25H16ClF4N3O4. The molecule has 0 bridgehead atoms. The number of halogens is 5. The predicted molar refractivity (Wildman–Crippen MR) is 126 cm³/mol. The smallest absolute Gasteiger partial charge is 0.417 e. The van der Waals surface area contributed by atoms with Crippen LogP contribution in [0.5, 0.6) is 5.88 Å². The zero-order chi connectivity index (χ0) is 26.7. The van der Waals surface area contributed by atoms with E-state index in [1.54, 1.807) is 0 Å². The first kappa shape index (κ1) is 26.0. The molecule has 0 unspecified atom stereocenters. The highest BCUT2D eigenvalue weighted by Crippen LogP contribution is 2.35. The van der Waals surface area contributed by atoms with E-state index >= 15 is 0 Å². The normalized spacial score (nSPS) is 11.4. The van der Waals surface area contributed by atoms with E-state index < -0.39 is 34.3 Å². The van der Waals surface area contributed by atoms with Crippen LogP contribution in [0.2, 0.25) is 5.02 Å². The third-order valence-corrected chi connectivity index (χ3v) is 5.46. The minimum absolute atomic E-state index is 0.00835. The van der Waals surface area contributed by atoms with Crippen LogP contribution in [0.15, 0.2) is 60.8 Å². The van der Waals surface area contributed by atoms with Crippen LogP contribution in [0.1, 0.15) is 31.8 Å². The topological polar surface area (TPSA) is 101 Å². The number of amides is 1. The van der Waals surface area contributed by atoms with Gasteiger partial charge in [0.05, 0.1) is 40.0 Å². The number of carbonyl (C=O) groups is 2. The predicted octanol–water partition coefficient (Wildman–Crippen LogP) is 5.30. The zero-order valence-corrected chi connectivity index (χ0v) is 19.4. The van der Waals surface area contributed by atoms with Crippen LogP contribution >= 0.6 is 11.6 Å². The quantitative estimate of drug-likeness (QED) is 0.247. The third kappa shape index (κ3) is 5.84. The molecule has 0 aliphatic rings. The van der Waals surface area contributed by atoms with Gasteiger partial charge < -0.3 is 15.2 Å². The highest BCUT2D eigenvalue weighted by Gasteiger charge is 2.33. The SMILES string of the molecule is O=C(Nc1ccc(C(=O)c2ccc3ncc(OCCO)nc3c2)c(F)c1)c1ccc(Cl)c(C(F)(F)F)c1. The fourth-order valence-corrected chi connectivity index (χ4v) is 3.60. The van der Waals surface area contributed by atoms with E-state index in [-0.39, 0.29) is 41.5 Å². The molecule has 0 saturated heterocycles. The van der Waals surface area contributed by atoms with E-state index in [9.17, 15) is 27.2 Å². The van der Waals surface area contributed by atoms with Crippen molar-refractivity contribution in [1.29, 1.82) is 0 Å². The second-order valence-electron chi connectivity index (χ2n) is 7.65. The van der Waals surface area contributed by atoms with Crippen LogP contribution in [-0.4, -0.2) is 40.0 Å². The number of carbonyl (C=O) groups excluding carboxylic acids is 2. The number of rotatable bonds is 7. The van der Waals surface area contributed by atoms with Gasteiger partial charge in [0.25, 0.3) is 5.91 Å². The number of aliphatic hydroxyl groups excluding tert-OH is 1. The number of ketones is 1. The largest absolute Gasteiger partial charge is 0.474 e. The van der Waals surface area contributed by atoms with Gasteiger partial charge in [0, 0.05) is 16.8 Å². The molecule has 190 valence electrons. The van der Waals surface area contributed by atoms with Crippen molar-refractivity contribution in [2.45, 2.75) is 6.18 Å². The molecule has 0 fully saturated rings. The number of nitrogens with zero attached hydrogens (tertiary/aromatic N) is 2. The standard InChI is InChI=1S/C25H16ClF4N3O4/c26-18-5-1-14(9-17(18)25(28,29)30)24(36)32-15-3-4-16(19(27)11-15)23(35)13-2-6-20-21(10-13)33-22(12-31-20)37-8-7-34/h1-6,9-12,34H,7-8H2,(H,32,36). The summed E-state index contributed by atoms with van der Waals surface area (Å²) in [5.41, 5.74) is -1.01. The van der Waals surface area contributed by atoms with Crippen LogP contribution < -0.4 is 10.1 Å². The fourth-order valence-electron chi connectivity index (χ4n) is 3.38. The molecule has 7 nitrogen and oxygen atoms in total. The molecule has 0 saturated carbocycles. The molecule has 0 radical (unpaired) electrons. The van der Waals surface area contributed by atoms with Gasteiger partial charge in [-0.3, -0.25) is 9.59 Å². The van der Waals surface area contributed by atoms with Gasteiger partial charge in [-0.25, -0.2) is 14.4 Å². The number of hydrogen-bond donors (Lipinski definition) is 2. The molecule has 4 rings (SSSR count). The first-order valence-corrected chi connectivity index (χ1v) is 11.0. The first-order chi connectivity index (χ1) is 17.6. The lowest BCUT2D eigenvalue weighted by molar-refractivity contribution is -0.137. The molecule has 4 aromatic rings. The second kappa shape index (κ2) is 10.5. The number of hydrogen-bond acceptors (Lipinski definition) is 6. The number of benzene rings is 3. The van der Waals surface area contributed by atoms with Crippen molar-refractivity contribution in [3.8, 4) is 5.88 Å². The lowest BCUT2D eigenvalue weighted by atomic mass is 10.0. The first-order valence-electron chi connectivity index (χ1n) is 10.6. The van der Waals surface area contributed by atoms with Crippen LogP contribution in [0, 0.1) is 5.82 Å². The Kier molecular flexibility index (Phi) is 7.37. The summed E-state index contributed by atoms with van der Waals surface area (Å²) in [5.74, 6) is -2.41. The van der Waals surface area contributed by atoms with E-state index in [0.29, 0.717) is 17.1 Å². The maximum Gasteiger partial charge on any atom is 0.417 e. The third-order valence-electron chi connectivity index (χ3n) is 5.13. The number of fused-ring (bicyclic) bond motifs is 1. The van der Waals surface area contributed by atoms with Gasteiger partial charge in [-0.2, -0.15) is 13.2 Å². The van der Waals surface area contributed by atoms with Crippen molar-refractivity contribution >= 4 is 40.0 Å². The Morgan fingerprint density at radius 2 is 1.76 bits per heavy atom. The molecule has 0 aliphatic carbocycles. The maximum absolute atomic E-state index is 14.8. The Balaban J connectivity index is 1.54. The molecule has 1 aromatic heterocycles. The Bertz CT molecular complexity index is 1510. The average molecular weight is 534 g/mol. The molecule has 2 N–H and O–H groups in total. The van der Waals surface area contributed by atoms with Crippen molar-refractivity contribution in [3.05, 3.63) is 93.9 Å². The van der Waals surface area contributed by atoms with Gasteiger partial charge in [-0.05, 0) is 54.6 Å². The van der Waals surface area contributed by atoms with Gasteiger partial charge in [0.2, 0.25) is 5.88 Å². The van der Waals surface area contributed by atoms with E-state index in [1.807, 2.05) is 0 Å². The molecule has 37 heavy (non-hydrogen) atoms. The Labute approximate surface area is 211 Å². The highest BCUT2D eigenvalue weighted by atomic mass is 35.5. The average Bonchev–Trinajstić information content (AvgIpc) is 2.86. The van der Waals surface area contributed by atoms with E-state index in [0.717, 1.165) is 24.3 Å². The van der Waals surface area contributed by atoms with E-state index in [1.165, 1.54) is 30.5 Å². The number of aliphatic hydroxyl groups is 1. The van der Waals surface area contributed by atoms with E-state index in [4.69, 9.17) is 21.4 Å². The summed E-state index contributed by atoms with van der Waals surface area (Å²) < 4.78 is 59.2. The van der Waals surface area contributed by atoms with Crippen LogP contribution in [0.3, 0.4) is 0 Å². The van der Waals surface area contributed by atoms with Gasteiger partial charge >= 0.3 is 6.18 Å². The molecule has 12 heteroatoms. The van der Waals surface area contributed by atoms with Crippen LogP contribution in [-0.2, 0) is 6.18 Å². The van der Waals surface area contributed by atoms with Crippen LogP contribution in [0.4, 0.5) is 23.2 Å². The second-order valence-corrected chi connectivity index (χ2v) is 8.06. The molecule has 0 atom stereocenters. The monoisotopic (exact) mass is 533 g/mol. The van der Waals surface area contributed by atoms with Crippen LogP contribution in [0.25, 0.3) is 11.0 Å². The van der Waals surface area contributed by atoms with E-state index in [2.05, 4.69) is 15.3 Å². The van der Waals surface area contributed by atoms with Crippen molar-refractivity contribution < 1.29 is 37.0 Å². The van der Waals surface area contributed by atoms with Gasteiger partial charge in [0.15, 0.2) is 5.78 Å². The zero-order valence-electron chi connectivity index (χ0n) is 18.6. The molecule has 1 heterocycles. The summed E-state index contributed by atoms with van der Waals surface area (Å²) in [5, 5.41) is 10.6. The molecule has 1 amide bonds. The summed E-state index contributed by atoms with van der Waals surface area (Å²) in [6.07, 6.45) is -3.40. The number of aromatic nitrogens is 2. The number of ether oxygens (including phenoxy) is 1. The number of alkyl halides is 3. The molecule has 3 aromatic carbocycles. The Morgan fingerprint density at radius 1 is 1.00 bits per heavy atom. The Morgan fingerprint density at radius 3 is 2.46 bits per heavy atom. The summed E-state index contributed by atoms with van der Waals surface area (Å²) in [7, 11) is 0. The summed E-state index contributed by atoms with van der Waals surface area (Å²) >= 11 is 5.57. The summed E-state index contributed by atoms with van der Waals surface area (Å²) in [4.78, 5) is 33.7. The highest BCUT2D eigenvalue weighted by molar-refractivity contribution is 6.31. The molecule has 0 spiro atoms. The van der Waals surface area contributed by atoms with Gasteiger partial charge in [-0.1, -0.05) is 11.6 Å². The molecule has 0 aliphatic heterocycles. The van der Waals surface area contributed by atoms with Crippen molar-refractivity contribution in [1.82, 2.24) is 9.97 Å². The van der Waals surface area contributed by atoms with Crippen molar-refractivity contribution in [2.75, 3.05) is 18.5 Å². The fraction of sp³-hybridized carbons (Fsp3) is 0.120. The lowest BCUT2D eigenvalue weighted by Crippen LogP contribution is -2.15. The van der Waals surface area contributed by atoms with Crippen molar-refractivity contribution in [3.63, 3.8) is 0 Å². The minimum atomic E-state index is -4.76. The lowest BCUT2D eigenvalue weighted by Gasteiger charge is -2.12. The van der Waals surface area contributed by atoms with Crippen molar-refractivity contribution in [2.24, 2.45) is 0 Å². The van der Waals surface area contributed by atoms with Gasteiger partial charge in [-0.15, -0.1) is 0 Å². The van der Waals surface area contributed by atoms with Gasteiger partial charge in [0.1, 0.15) is 12.4 Å². The summed E-state index contributed by atoms with van der Waals surface area (Å²) in [6.45, 7) is -0.212. The summed E-state index contributed by atoms with van der Waals surface area (Å²) in [6, 6.07) is 10.3. The molecular weight excluding hydrogens is 518 g/mol.